The first-order valence-electron chi connectivity index (χ1n) is 5.52. The van der Waals surface area contributed by atoms with Crippen LogP contribution in [-0.2, 0) is 0 Å². The molecule has 0 aliphatic rings. The molecule has 1 aromatic rings. The van der Waals surface area contributed by atoms with Crippen molar-refractivity contribution >= 4 is 5.91 Å². The summed E-state index contributed by atoms with van der Waals surface area (Å²) in [6.07, 6.45) is -4.52. The highest BCUT2D eigenvalue weighted by atomic mass is 19.4. The van der Waals surface area contributed by atoms with Crippen molar-refractivity contribution in [3.05, 3.63) is 23.0 Å². The molecular weight excluding hydrogens is 263 g/mol. The summed E-state index contributed by atoms with van der Waals surface area (Å²) >= 11 is 0. The molecule has 19 heavy (non-hydrogen) atoms. The molecule has 0 aliphatic carbocycles. The molecule has 0 saturated heterocycles. The van der Waals surface area contributed by atoms with Crippen LogP contribution < -0.4 is 0 Å². The Morgan fingerprint density at radius 2 is 2.00 bits per heavy atom. The lowest BCUT2D eigenvalue weighted by Crippen LogP contribution is -2.41. The van der Waals surface area contributed by atoms with E-state index in [0.29, 0.717) is 10.6 Å². The lowest BCUT2D eigenvalue weighted by molar-refractivity contribution is -0.141. The Hall–Kier alpha value is -1.70. The average Bonchev–Trinajstić information content (AvgIpc) is 2.29. The van der Waals surface area contributed by atoms with E-state index >= 15 is 0 Å². The Balaban J connectivity index is 3.02. The van der Waals surface area contributed by atoms with Crippen molar-refractivity contribution in [2.75, 3.05) is 19.7 Å². The van der Waals surface area contributed by atoms with Gasteiger partial charge in [0.1, 0.15) is 6.54 Å². The molecule has 1 heterocycles. The van der Waals surface area contributed by atoms with Crippen LogP contribution in [0.3, 0.4) is 0 Å². The van der Waals surface area contributed by atoms with Crippen LogP contribution in [0.5, 0.6) is 0 Å². The van der Waals surface area contributed by atoms with Crippen molar-refractivity contribution in [3.8, 4) is 0 Å². The molecule has 106 valence electrons. The number of amides is 1. The van der Waals surface area contributed by atoms with E-state index in [-0.39, 0.29) is 17.8 Å². The third-order valence-electron chi connectivity index (χ3n) is 2.36. The molecule has 1 rings (SSSR count). The van der Waals surface area contributed by atoms with E-state index in [4.69, 9.17) is 5.11 Å². The van der Waals surface area contributed by atoms with Gasteiger partial charge >= 0.3 is 6.18 Å². The second-order valence-electron chi connectivity index (χ2n) is 4.05. The number of alkyl halides is 3. The van der Waals surface area contributed by atoms with Gasteiger partial charge in [0.15, 0.2) is 0 Å². The number of nitrogens with zero attached hydrogens (tertiary/aromatic N) is 3. The van der Waals surface area contributed by atoms with Gasteiger partial charge in [0.25, 0.3) is 5.91 Å². The molecule has 1 aromatic heterocycles. The van der Waals surface area contributed by atoms with Gasteiger partial charge in [-0.05, 0) is 19.9 Å². The van der Waals surface area contributed by atoms with Gasteiger partial charge in [-0.2, -0.15) is 23.4 Å². The van der Waals surface area contributed by atoms with E-state index < -0.39 is 25.2 Å². The number of hydrogen-bond donors (Lipinski definition) is 1. The van der Waals surface area contributed by atoms with Crippen molar-refractivity contribution in [2.45, 2.75) is 20.0 Å². The van der Waals surface area contributed by atoms with E-state index in [2.05, 4.69) is 10.2 Å². The Labute approximate surface area is 108 Å². The molecule has 8 heteroatoms. The maximum Gasteiger partial charge on any atom is 0.406 e. The minimum Gasteiger partial charge on any atom is -0.395 e. The molecule has 0 spiro atoms. The van der Waals surface area contributed by atoms with Gasteiger partial charge in [-0.3, -0.25) is 4.79 Å². The largest absolute Gasteiger partial charge is 0.406 e. The van der Waals surface area contributed by atoms with Crippen molar-refractivity contribution in [3.63, 3.8) is 0 Å². The van der Waals surface area contributed by atoms with Crippen molar-refractivity contribution < 1.29 is 23.1 Å². The van der Waals surface area contributed by atoms with Crippen molar-refractivity contribution in [1.29, 1.82) is 0 Å². The number of aliphatic hydroxyl groups is 1. The molecule has 0 unspecified atom stereocenters. The molecule has 0 aromatic carbocycles. The molecule has 1 N–H and O–H groups in total. The number of hydrogen-bond acceptors (Lipinski definition) is 4. The summed E-state index contributed by atoms with van der Waals surface area (Å²) in [6.45, 7) is 0.735. The van der Waals surface area contributed by atoms with Crippen LogP contribution in [0.2, 0.25) is 0 Å². The van der Waals surface area contributed by atoms with Gasteiger partial charge in [-0.1, -0.05) is 0 Å². The first-order valence-corrected chi connectivity index (χ1v) is 5.52. The lowest BCUT2D eigenvalue weighted by atomic mass is 10.1. The number of halogens is 3. The van der Waals surface area contributed by atoms with Gasteiger partial charge in [-0.25, -0.2) is 0 Å². The predicted molar refractivity (Wildman–Crippen MR) is 60.6 cm³/mol. The standard InChI is InChI=1S/C11H14F3N3O2/c1-7-5-9(8(2)16-15-7)10(19)17(3-4-18)6-11(12,13)14/h5,18H,3-4,6H2,1-2H3. The molecule has 0 fully saturated rings. The summed E-state index contributed by atoms with van der Waals surface area (Å²) in [4.78, 5) is 12.6. The highest BCUT2D eigenvalue weighted by Gasteiger charge is 2.33. The highest BCUT2D eigenvalue weighted by molar-refractivity contribution is 5.95. The second-order valence-corrected chi connectivity index (χ2v) is 4.05. The van der Waals surface area contributed by atoms with Gasteiger partial charge in [-0.15, -0.1) is 0 Å². The first-order chi connectivity index (χ1) is 8.74. The maximum absolute atomic E-state index is 12.4. The zero-order chi connectivity index (χ0) is 14.6. The maximum atomic E-state index is 12.4. The third kappa shape index (κ3) is 4.47. The number of aromatic nitrogens is 2. The van der Waals surface area contributed by atoms with E-state index in [1.165, 1.54) is 13.0 Å². The Bertz CT molecular complexity index is 463. The molecule has 0 bridgehead atoms. The smallest absolute Gasteiger partial charge is 0.395 e. The summed E-state index contributed by atoms with van der Waals surface area (Å²) < 4.78 is 37.1. The summed E-state index contributed by atoms with van der Waals surface area (Å²) in [6, 6.07) is 1.38. The van der Waals surface area contributed by atoms with Crippen LogP contribution in [0.4, 0.5) is 13.2 Å². The Morgan fingerprint density at radius 1 is 1.37 bits per heavy atom. The summed E-state index contributed by atoms with van der Waals surface area (Å²) in [7, 11) is 0. The van der Waals surface area contributed by atoms with Crippen molar-refractivity contribution in [1.82, 2.24) is 15.1 Å². The van der Waals surface area contributed by atoms with Crippen LogP contribution >= 0.6 is 0 Å². The Kier molecular flexibility index (Phi) is 4.82. The van der Waals surface area contributed by atoms with E-state index in [9.17, 15) is 18.0 Å². The summed E-state index contributed by atoms with van der Waals surface area (Å²) in [5, 5.41) is 16.2. The quantitative estimate of drug-likeness (QED) is 0.894. The van der Waals surface area contributed by atoms with E-state index in [1.54, 1.807) is 6.92 Å². The zero-order valence-corrected chi connectivity index (χ0v) is 10.5. The number of carbonyl (C=O) groups is 1. The normalized spacial score (nSPS) is 11.5. The fourth-order valence-corrected chi connectivity index (χ4v) is 1.53. The molecule has 0 saturated carbocycles. The lowest BCUT2D eigenvalue weighted by Gasteiger charge is -2.23. The van der Waals surface area contributed by atoms with Gasteiger partial charge in [0, 0.05) is 6.54 Å². The van der Waals surface area contributed by atoms with Gasteiger partial charge in [0.2, 0.25) is 0 Å². The van der Waals surface area contributed by atoms with Crippen molar-refractivity contribution in [2.24, 2.45) is 0 Å². The molecule has 0 radical (unpaired) electrons. The molecule has 1 amide bonds. The van der Waals surface area contributed by atoms with Gasteiger partial charge < -0.3 is 10.0 Å². The fourth-order valence-electron chi connectivity index (χ4n) is 1.53. The minimum absolute atomic E-state index is 0.0604. The predicted octanol–water partition coefficient (Wildman–Crippen LogP) is 1.09. The van der Waals surface area contributed by atoms with Gasteiger partial charge in [0.05, 0.1) is 23.6 Å². The topological polar surface area (TPSA) is 66.3 Å². The summed E-state index contributed by atoms with van der Waals surface area (Å²) in [5.41, 5.74) is 0.746. The molecule has 5 nitrogen and oxygen atoms in total. The number of carbonyl (C=O) groups excluding carboxylic acids is 1. The van der Waals surface area contributed by atoms with Crippen LogP contribution in [0.15, 0.2) is 6.07 Å². The molecular formula is C11H14F3N3O2. The second kappa shape index (κ2) is 5.96. The first kappa shape index (κ1) is 15.4. The highest BCUT2D eigenvalue weighted by Crippen LogP contribution is 2.18. The molecule has 0 aliphatic heterocycles. The monoisotopic (exact) mass is 277 g/mol. The van der Waals surface area contributed by atoms with E-state index in [0.717, 1.165) is 0 Å². The fraction of sp³-hybridized carbons (Fsp3) is 0.545. The van der Waals surface area contributed by atoms with Crippen LogP contribution in [-0.4, -0.2) is 52.0 Å². The third-order valence-corrected chi connectivity index (χ3v) is 2.36. The SMILES string of the molecule is Cc1cc(C(=O)N(CCO)CC(F)(F)F)c(C)nn1. The number of aryl methyl sites for hydroxylation is 2. The minimum atomic E-state index is -4.52. The summed E-state index contributed by atoms with van der Waals surface area (Å²) in [5.74, 6) is -0.818. The number of aliphatic hydroxyl groups excluding tert-OH is 1. The molecule has 0 atom stereocenters. The zero-order valence-electron chi connectivity index (χ0n) is 10.5. The number of rotatable bonds is 4. The van der Waals surface area contributed by atoms with E-state index in [1.807, 2.05) is 0 Å². The van der Waals surface area contributed by atoms with Crippen LogP contribution in [0.25, 0.3) is 0 Å². The average molecular weight is 277 g/mol. The Morgan fingerprint density at radius 3 is 2.53 bits per heavy atom. The van der Waals surface area contributed by atoms with Crippen LogP contribution in [0.1, 0.15) is 21.7 Å². The van der Waals surface area contributed by atoms with Crippen LogP contribution in [0, 0.1) is 13.8 Å².